The average molecular weight is 461 g/mol. The number of hydrogen-bond acceptors (Lipinski definition) is 2. The Balaban J connectivity index is 1.59. The lowest BCUT2D eigenvalue weighted by molar-refractivity contribution is -0.135. The van der Waals surface area contributed by atoms with E-state index in [1.165, 1.54) is 0 Å². The maximum Gasteiger partial charge on any atom is 0.307 e. The molecule has 0 amide bonds. The number of carboxylic acids is 1. The van der Waals surface area contributed by atoms with E-state index < -0.39 is 5.97 Å². The molecule has 0 heterocycles. The monoisotopic (exact) mass is 460 g/mol. The highest BCUT2D eigenvalue weighted by atomic mass is 79.9. The first-order valence-corrected chi connectivity index (χ1v) is 10.5. The Kier molecular flexibility index (Phi) is 5.86. The highest BCUT2D eigenvalue weighted by Crippen LogP contribution is 2.44. The first-order valence-electron chi connectivity index (χ1n) is 9.72. The normalized spacial score (nSPS) is 14.1. The molecular weight excluding hydrogens is 440 g/mol. The number of halogens is 1. The number of para-hydroxylation sites is 1. The van der Waals surface area contributed by atoms with Crippen molar-refractivity contribution in [3.63, 3.8) is 0 Å². The second kappa shape index (κ2) is 8.72. The molecule has 0 unspecified atom stereocenters. The summed E-state index contributed by atoms with van der Waals surface area (Å²) in [5.41, 5.74) is 7.18. The van der Waals surface area contributed by atoms with E-state index >= 15 is 0 Å². The highest BCUT2D eigenvalue weighted by Gasteiger charge is 2.25. The molecule has 0 radical (unpaired) electrons. The van der Waals surface area contributed by atoms with Crippen LogP contribution in [0.15, 0.2) is 82.8 Å². The molecule has 0 spiro atoms. The van der Waals surface area contributed by atoms with Gasteiger partial charge in [-0.15, -0.1) is 0 Å². The third-order valence-corrected chi connectivity index (χ3v) is 5.71. The Morgan fingerprint density at radius 3 is 2.43 bits per heavy atom. The summed E-state index contributed by atoms with van der Waals surface area (Å²) in [7, 11) is 0. The lowest BCUT2D eigenvalue weighted by Crippen LogP contribution is -1.96. The predicted molar refractivity (Wildman–Crippen MR) is 124 cm³/mol. The van der Waals surface area contributed by atoms with Crippen LogP contribution < -0.4 is 4.74 Å². The van der Waals surface area contributed by atoms with E-state index in [4.69, 9.17) is 4.74 Å². The van der Waals surface area contributed by atoms with Crippen molar-refractivity contribution < 1.29 is 14.6 Å². The minimum absolute atomic E-state index is 0.0163. The van der Waals surface area contributed by atoms with Crippen molar-refractivity contribution in [2.45, 2.75) is 20.0 Å². The number of carbonyl (C=O) groups is 1. The van der Waals surface area contributed by atoms with Gasteiger partial charge in [-0.05, 0) is 76.2 Å². The average Bonchev–Trinajstić information content (AvgIpc) is 2.99. The maximum absolute atomic E-state index is 11.4. The number of allylic oxidation sites excluding steroid dienone is 2. The van der Waals surface area contributed by atoms with Gasteiger partial charge in [0.1, 0.15) is 12.4 Å². The van der Waals surface area contributed by atoms with Crippen LogP contribution in [0.5, 0.6) is 5.75 Å². The summed E-state index contributed by atoms with van der Waals surface area (Å²) in [5.74, 6) is 0.0310. The number of carboxylic acid groups (broad SMARTS) is 1. The molecule has 4 heteroatoms. The second-order valence-corrected chi connectivity index (χ2v) is 8.18. The van der Waals surface area contributed by atoms with Gasteiger partial charge in [-0.25, -0.2) is 0 Å². The number of hydrogen-bond donors (Lipinski definition) is 1. The lowest BCUT2D eigenvalue weighted by atomic mass is 10.0. The van der Waals surface area contributed by atoms with Gasteiger partial charge < -0.3 is 9.84 Å². The summed E-state index contributed by atoms with van der Waals surface area (Å²) in [6.07, 6.45) is 2.14. The van der Waals surface area contributed by atoms with Gasteiger partial charge in [-0.2, -0.15) is 0 Å². The molecule has 0 aromatic heterocycles. The zero-order valence-corrected chi connectivity index (χ0v) is 18.1. The molecule has 0 aliphatic heterocycles. The summed E-state index contributed by atoms with van der Waals surface area (Å²) in [4.78, 5) is 11.4. The van der Waals surface area contributed by atoms with Crippen molar-refractivity contribution in [3.05, 3.63) is 105 Å². The molecule has 0 atom stereocenters. The molecule has 0 saturated carbocycles. The molecule has 4 rings (SSSR count). The van der Waals surface area contributed by atoms with Crippen molar-refractivity contribution in [1.29, 1.82) is 0 Å². The first kappa shape index (κ1) is 20.2. The SMILES string of the molecule is CC1=C(CC(=O)O)c2cc(Br)ccc2/C1=C\c1ccc(COc2ccccc2)cc1. The number of ether oxygens (including phenoxy) is 1. The smallest absolute Gasteiger partial charge is 0.307 e. The van der Waals surface area contributed by atoms with Crippen LogP contribution in [0.2, 0.25) is 0 Å². The van der Waals surface area contributed by atoms with Gasteiger partial charge in [-0.1, -0.05) is 64.5 Å². The van der Waals surface area contributed by atoms with Crippen molar-refractivity contribution in [1.82, 2.24) is 0 Å². The second-order valence-electron chi connectivity index (χ2n) is 7.27. The fourth-order valence-corrected chi connectivity index (χ4v) is 4.05. The molecular formula is C26H21BrO3. The zero-order valence-electron chi connectivity index (χ0n) is 16.6. The minimum atomic E-state index is -0.820. The van der Waals surface area contributed by atoms with Crippen LogP contribution in [-0.4, -0.2) is 11.1 Å². The van der Waals surface area contributed by atoms with Crippen molar-refractivity contribution in [2.75, 3.05) is 0 Å². The van der Waals surface area contributed by atoms with Crippen LogP contribution in [0.4, 0.5) is 0 Å². The molecule has 1 N–H and O–H groups in total. The van der Waals surface area contributed by atoms with E-state index in [0.29, 0.717) is 6.61 Å². The predicted octanol–water partition coefficient (Wildman–Crippen LogP) is 6.83. The van der Waals surface area contributed by atoms with Crippen LogP contribution in [0, 0.1) is 0 Å². The number of fused-ring (bicyclic) bond motifs is 1. The first-order chi connectivity index (χ1) is 14.5. The van der Waals surface area contributed by atoms with E-state index in [1.807, 2.05) is 55.5 Å². The van der Waals surface area contributed by atoms with Crippen LogP contribution in [0.25, 0.3) is 17.2 Å². The molecule has 1 aliphatic carbocycles. The van der Waals surface area contributed by atoms with E-state index in [1.54, 1.807) is 0 Å². The lowest BCUT2D eigenvalue weighted by Gasteiger charge is -2.07. The van der Waals surface area contributed by atoms with Crippen molar-refractivity contribution in [3.8, 4) is 5.75 Å². The van der Waals surface area contributed by atoms with Crippen LogP contribution >= 0.6 is 15.9 Å². The van der Waals surface area contributed by atoms with Gasteiger partial charge in [0.15, 0.2) is 0 Å². The fraction of sp³-hybridized carbons (Fsp3) is 0.115. The van der Waals surface area contributed by atoms with E-state index in [-0.39, 0.29) is 6.42 Å². The molecule has 3 aromatic rings. The summed E-state index contributed by atoms with van der Waals surface area (Å²) in [6.45, 7) is 2.51. The third-order valence-electron chi connectivity index (χ3n) is 5.22. The largest absolute Gasteiger partial charge is 0.489 e. The van der Waals surface area contributed by atoms with Crippen LogP contribution in [-0.2, 0) is 11.4 Å². The number of benzene rings is 3. The third kappa shape index (κ3) is 4.39. The van der Waals surface area contributed by atoms with E-state index in [0.717, 1.165) is 49.2 Å². The summed E-state index contributed by atoms with van der Waals surface area (Å²) in [6, 6.07) is 24.1. The fourth-order valence-electron chi connectivity index (χ4n) is 3.69. The molecule has 0 saturated heterocycles. The molecule has 1 aliphatic rings. The Morgan fingerprint density at radius 2 is 1.73 bits per heavy atom. The summed E-state index contributed by atoms with van der Waals surface area (Å²) >= 11 is 3.50. The van der Waals surface area contributed by atoms with Gasteiger partial charge in [0, 0.05) is 4.47 Å². The van der Waals surface area contributed by atoms with E-state index in [9.17, 15) is 9.90 Å². The number of aliphatic carboxylic acids is 1. The number of rotatable bonds is 6. The van der Waals surface area contributed by atoms with Crippen molar-refractivity contribution >= 4 is 39.1 Å². The summed E-state index contributed by atoms with van der Waals surface area (Å²) < 4.78 is 6.75. The van der Waals surface area contributed by atoms with Crippen LogP contribution in [0.3, 0.4) is 0 Å². The Hall–Kier alpha value is -3.11. The van der Waals surface area contributed by atoms with Crippen molar-refractivity contribution in [2.24, 2.45) is 0 Å². The standard InChI is InChI=1S/C26H21BrO3/c1-17-23(22-12-11-20(27)14-25(22)24(17)15-26(28)29)13-18-7-9-19(10-8-18)16-30-21-5-3-2-4-6-21/h2-14H,15-16H2,1H3,(H,28,29)/b23-13-. The quantitative estimate of drug-likeness (QED) is 0.438. The van der Waals surface area contributed by atoms with Gasteiger partial charge >= 0.3 is 5.97 Å². The zero-order chi connectivity index (χ0) is 21.1. The minimum Gasteiger partial charge on any atom is -0.489 e. The van der Waals surface area contributed by atoms with Crippen LogP contribution in [0.1, 0.15) is 35.6 Å². The molecule has 0 bridgehead atoms. The molecule has 30 heavy (non-hydrogen) atoms. The van der Waals surface area contributed by atoms with Gasteiger partial charge in [0.2, 0.25) is 0 Å². The Bertz CT molecular complexity index is 1140. The molecule has 3 nitrogen and oxygen atoms in total. The molecule has 0 fully saturated rings. The Morgan fingerprint density at radius 1 is 1.00 bits per heavy atom. The molecule has 150 valence electrons. The Labute approximate surface area is 184 Å². The van der Waals surface area contributed by atoms with Gasteiger partial charge in [0.05, 0.1) is 6.42 Å². The maximum atomic E-state index is 11.4. The summed E-state index contributed by atoms with van der Waals surface area (Å²) in [5, 5.41) is 9.35. The van der Waals surface area contributed by atoms with E-state index in [2.05, 4.69) is 46.3 Å². The van der Waals surface area contributed by atoms with Gasteiger partial charge in [0.25, 0.3) is 0 Å². The highest BCUT2D eigenvalue weighted by molar-refractivity contribution is 9.10. The topological polar surface area (TPSA) is 46.5 Å². The molecule has 3 aromatic carbocycles. The van der Waals surface area contributed by atoms with Gasteiger partial charge in [-0.3, -0.25) is 4.79 Å².